The minimum atomic E-state index is -0.929. The van der Waals surface area contributed by atoms with Gasteiger partial charge < -0.3 is 14.8 Å². The van der Waals surface area contributed by atoms with Crippen LogP contribution in [0.5, 0.6) is 0 Å². The van der Waals surface area contributed by atoms with E-state index in [0.29, 0.717) is 17.7 Å². The molecule has 6 heteroatoms. The highest BCUT2D eigenvalue weighted by atomic mass is 79.9. The second-order valence-electron chi connectivity index (χ2n) is 5.53. The molecule has 0 saturated carbocycles. The third-order valence-corrected chi connectivity index (χ3v) is 5.02. The third-order valence-electron chi connectivity index (χ3n) is 3.88. The largest absolute Gasteiger partial charge is 0.478 e. The number of carbonyl (C=O) groups is 1. The molecule has 0 bridgehead atoms. The Hall–Kier alpha value is -2.05. The average Bonchev–Trinajstić information content (AvgIpc) is 3.02. The number of hydrogen-bond donors (Lipinski definition) is 2. The van der Waals surface area contributed by atoms with Crippen molar-refractivity contribution in [2.24, 2.45) is 0 Å². The summed E-state index contributed by atoms with van der Waals surface area (Å²) in [6.45, 7) is 2.26. The Balaban J connectivity index is 1.77. The van der Waals surface area contributed by atoms with Crippen molar-refractivity contribution in [1.82, 2.24) is 0 Å². The Labute approximate surface area is 162 Å². The van der Waals surface area contributed by atoms with Crippen molar-refractivity contribution < 1.29 is 14.3 Å². The molecule has 0 atom stereocenters. The lowest BCUT2D eigenvalue weighted by molar-refractivity contribution is 0.0696. The molecule has 3 aromatic rings. The fourth-order valence-corrected chi connectivity index (χ4v) is 3.79. The molecule has 1 aromatic heterocycles. The molecule has 0 aliphatic rings. The molecule has 128 valence electrons. The van der Waals surface area contributed by atoms with Gasteiger partial charge in [0.15, 0.2) is 0 Å². The van der Waals surface area contributed by atoms with Crippen molar-refractivity contribution in [3.63, 3.8) is 0 Å². The predicted octanol–water partition coefficient (Wildman–Crippen LogP) is 6.09. The standard InChI is InChI=1S/C19H15Br2NO3/c1-11-14(19(23)24)3-2-4-17(11)22-10-13-6-8-18(25-13)15-7-5-12(20)9-16(15)21/h2-9,22H,10H2,1H3,(H,23,24). The summed E-state index contributed by atoms with van der Waals surface area (Å²) in [5.41, 5.74) is 2.75. The first kappa shape index (κ1) is 17.8. The van der Waals surface area contributed by atoms with Crippen LogP contribution in [0.1, 0.15) is 21.7 Å². The van der Waals surface area contributed by atoms with E-state index < -0.39 is 5.97 Å². The molecular formula is C19H15Br2NO3. The molecule has 0 spiro atoms. The van der Waals surface area contributed by atoms with Crippen LogP contribution in [-0.4, -0.2) is 11.1 Å². The average molecular weight is 465 g/mol. The number of halogens is 2. The summed E-state index contributed by atoms with van der Waals surface area (Å²) in [4.78, 5) is 11.2. The minimum absolute atomic E-state index is 0.295. The van der Waals surface area contributed by atoms with E-state index in [2.05, 4.69) is 37.2 Å². The molecular weight excluding hydrogens is 450 g/mol. The topological polar surface area (TPSA) is 62.5 Å². The summed E-state index contributed by atoms with van der Waals surface area (Å²) in [6, 6.07) is 14.9. The van der Waals surface area contributed by atoms with E-state index >= 15 is 0 Å². The van der Waals surface area contributed by atoms with Gasteiger partial charge in [-0.1, -0.05) is 22.0 Å². The van der Waals surface area contributed by atoms with Crippen molar-refractivity contribution in [2.45, 2.75) is 13.5 Å². The second-order valence-corrected chi connectivity index (χ2v) is 7.30. The Morgan fingerprint density at radius 2 is 1.96 bits per heavy atom. The third kappa shape index (κ3) is 3.96. The minimum Gasteiger partial charge on any atom is -0.478 e. The van der Waals surface area contributed by atoms with E-state index in [-0.39, 0.29) is 0 Å². The smallest absolute Gasteiger partial charge is 0.336 e. The lowest BCUT2D eigenvalue weighted by atomic mass is 10.1. The van der Waals surface area contributed by atoms with Gasteiger partial charge in [-0.25, -0.2) is 4.79 Å². The van der Waals surface area contributed by atoms with Gasteiger partial charge in [0.05, 0.1) is 12.1 Å². The van der Waals surface area contributed by atoms with E-state index in [1.54, 1.807) is 19.1 Å². The second kappa shape index (κ2) is 7.45. The molecule has 2 N–H and O–H groups in total. The van der Waals surface area contributed by atoms with Crippen molar-refractivity contribution in [1.29, 1.82) is 0 Å². The summed E-state index contributed by atoms with van der Waals surface area (Å²) in [5, 5.41) is 12.4. The number of nitrogens with one attached hydrogen (secondary N) is 1. The Morgan fingerprint density at radius 3 is 2.68 bits per heavy atom. The maximum atomic E-state index is 11.2. The van der Waals surface area contributed by atoms with E-state index in [0.717, 1.165) is 31.7 Å². The van der Waals surface area contributed by atoms with Crippen molar-refractivity contribution >= 4 is 43.5 Å². The van der Waals surface area contributed by atoms with Gasteiger partial charge >= 0.3 is 5.97 Å². The summed E-state index contributed by atoms with van der Waals surface area (Å²) in [7, 11) is 0. The van der Waals surface area contributed by atoms with Gasteiger partial charge in [-0.2, -0.15) is 0 Å². The normalized spacial score (nSPS) is 10.7. The fourth-order valence-electron chi connectivity index (χ4n) is 2.55. The number of rotatable bonds is 5. The number of anilines is 1. The zero-order valence-corrected chi connectivity index (χ0v) is 16.5. The number of carboxylic acid groups (broad SMARTS) is 1. The van der Waals surface area contributed by atoms with E-state index in [1.807, 2.05) is 36.4 Å². The lowest BCUT2D eigenvalue weighted by Crippen LogP contribution is -2.05. The Kier molecular flexibility index (Phi) is 5.30. The van der Waals surface area contributed by atoms with E-state index in [9.17, 15) is 9.90 Å². The fraction of sp³-hybridized carbons (Fsp3) is 0.105. The molecule has 4 nitrogen and oxygen atoms in total. The number of carboxylic acids is 1. The molecule has 0 unspecified atom stereocenters. The first-order valence-corrected chi connectivity index (χ1v) is 9.15. The quantitative estimate of drug-likeness (QED) is 0.479. The predicted molar refractivity (Wildman–Crippen MR) is 105 cm³/mol. The lowest BCUT2D eigenvalue weighted by Gasteiger charge is -2.10. The van der Waals surface area contributed by atoms with Gasteiger partial charge in [-0.15, -0.1) is 0 Å². The summed E-state index contributed by atoms with van der Waals surface area (Å²) in [6.07, 6.45) is 0. The van der Waals surface area contributed by atoms with Crippen LogP contribution in [0.25, 0.3) is 11.3 Å². The molecule has 0 amide bonds. The molecule has 2 aromatic carbocycles. The van der Waals surface area contributed by atoms with Crippen LogP contribution in [0.4, 0.5) is 5.69 Å². The van der Waals surface area contributed by atoms with E-state index in [4.69, 9.17) is 4.42 Å². The molecule has 25 heavy (non-hydrogen) atoms. The van der Waals surface area contributed by atoms with Gasteiger partial charge in [0.1, 0.15) is 11.5 Å². The van der Waals surface area contributed by atoms with Crippen LogP contribution in [0.3, 0.4) is 0 Å². The van der Waals surface area contributed by atoms with Gasteiger partial charge in [-0.3, -0.25) is 0 Å². The van der Waals surface area contributed by atoms with Crippen LogP contribution < -0.4 is 5.32 Å². The van der Waals surface area contributed by atoms with Crippen molar-refractivity contribution in [3.05, 3.63) is 74.4 Å². The first-order chi connectivity index (χ1) is 12.0. The Morgan fingerprint density at radius 1 is 1.16 bits per heavy atom. The van der Waals surface area contributed by atoms with Crippen molar-refractivity contribution in [2.75, 3.05) is 5.32 Å². The SMILES string of the molecule is Cc1c(NCc2ccc(-c3ccc(Br)cc3Br)o2)cccc1C(=O)O. The van der Waals surface area contributed by atoms with E-state index in [1.165, 1.54) is 0 Å². The number of hydrogen-bond acceptors (Lipinski definition) is 3. The zero-order chi connectivity index (χ0) is 18.0. The monoisotopic (exact) mass is 463 g/mol. The van der Waals surface area contributed by atoms with Crippen LogP contribution in [0.2, 0.25) is 0 Å². The maximum Gasteiger partial charge on any atom is 0.336 e. The molecule has 0 saturated heterocycles. The van der Waals surface area contributed by atoms with Crippen LogP contribution >= 0.6 is 31.9 Å². The molecule has 3 rings (SSSR count). The molecule has 0 aliphatic carbocycles. The molecule has 1 heterocycles. The first-order valence-electron chi connectivity index (χ1n) is 7.56. The van der Waals surface area contributed by atoms with Crippen LogP contribution in [0, 0.1) is 6.92 Å². The zero-order valence-electron chi connectivity index (χ0n) is 13.3. The van der Waals surface area contributed by atoms with Gasteiger partial charge in [0, 0.05) is 20.2 Å². The maximum absolute atomic E-state index is 11.2. The molecule has 0 radical (unpaired) electrons. The highest BCUT2D eigenvalue weighted by molar-refractivity contribution is 9.11. The number of furan rings is 1. The van der Waals surface area contributed by atoms with Crippen LogP contribution in [0.15, 0.2) is 61.9 Å². The van der Waals surface area contributed by atoms with Gasteiger partial charge in [0.25, 0.3) is 0 Å². The summed E-state index contributed by atoms with van der Waals surface area (Å²) in [5.74, 6) is 0.610. The van der Waals surface area contributed by atoms with Gasteiger partial charge in [-0.05, 0) is 70.9 Å². The number of benzene rings is 2. The Bertz CT molecular complexity index is 934. The van der Waals surface area contributed by atoms with Gasteiger partial charge in [0.2, 0.25) is 0 Å². The summed E-state index contributed by atoms with van der Waals surface area (Å²) >= 11 is 6.97. The number of aromatic carboxylic acids is 1. The summed E-state index contributed by atoms with van der Waals surface area (Å²) < 4.78 is 7.84. The van der Waals surface area contributed by atoms with Crippen molar-refractivity contribution in [3.8, 4) is 11.3 Å². The van der Waals surface area contributed by atoms with Crippen LogP contribution in [-0.2, 0) is 6.54 Å². The highest BCUT2D eigenvalue weighted by Crippen LogP contribution is 2.32. The molecule has 0 aliphatic heterocycles. The molecule has 0 fully saturated rings. The highest BCUT2D eigenvalue weighted by Gasteiger charge is 2.11.